The lowest BCUT2D eigenvalue weighted by Gasteiger charge is -2.28. The van der Waals surface area contributed by atoms with Gasteiger partial charge in [0, 0.05) is 18.8 Å². The number of aryl methyl sites for hydroxylation is 1. The molecule has 0 radical (unpaired) electrons. The fraction of sp³-hybridized carbons (Fsp3) is 0.514. The second kappa shape index (κ2) is 16.1. The van der Waals surface area contributed by atoms with Crippen molar-refractivity contribution in [3.05, 3.63) is 52.4 Å². The molecule has 1 saturated carbocycles. The molecule has 0 saturated heterocycles. The van der Waals surface area contributed by atoms with Gasteiger partial charge in [0.1, 0.15) is 29.9 Å². The molecule has 1 unspecified atom stereocenters. The number of rotatable bonds is 13. The molecule has 58 heavy (non-hydrogen) atoms. The molecule has 3 aromatic rings. The Bertz CT molecular complexity index is 2120. The first-order valence-electron chi connectivity index (χ1n) is 17.0. The number of halogens is 9. The summed E-state index contributed by atoms with van der Waals surface area (Å²) in [6.07, 6.45) is -11.4. The molecule has 1 aromatic carbocycles. The van der Waals surface area contributed by atoms with E-state index in [1.807, 2.05) is 6.07 Å². The maximum absolute atomic E-state index is 14.2. The van der Waals surface area contributed by atoms with Gasteiger partial charge < -0.3 is 18.9 Å². The molecule has 0 spiro atoms. The molecule has 0 bridgehead atoms. The zero-order chi connectivity index (χ0) is 43.8. The lowest BCUT2D eigenvalue weighted by Crippen LogP contribution is -2.43. The zero-order valence-corrected chi connectivity index (χ0v) is 32.2. The zero-order valence-electron chi connectivity index (χ0n) is 31.5. The van der Waals surface area contributed by atoms with Crippen molar-refractivity contribution in [1.29, 1.82) is 5.26 Å². The minimum Gasteiger partial charge on any atom is -0.461 e. The number of nitriles is 1. The molecule has 23 heteroatoms. The fourth-order valence-corrected chi connectivity index (χ4v) is 5.47. The van der Waals surface area contributed by atoms with Crippen LogP contribution in [0.4, 0.5) is 39.9 Å². The highest BCUT2D eigenvalue weighted by Crippen LogP contribution is 2.49. The van der Waals surface area contributed by atoms with Gasteiger partial charge in [-0.3, -0.25) is 19.3 Å². The third-order valence-corrected chi connectivity index (χ3v) is 9.16. The summed E-state index contributed by atoms with van der Waals surface area (Å²) in [4.78, 5) is 52.5. The SMILES string of the molecule is CCC(C)(C(=O)OCCOC(=O)OCN(C(=O)c1cc(-c2cnn(-c3c(C(F)(F)F)c(C(F)(F)C(F)(F)F)nn3C)c2)ccc1Cl)C1(C#N)CC1)C(=O)OC(C)(C)C. The summed E-state index contributed by atoms with van der Waals surface area (Å²) < 4.78 is 131. The largest absolute Gasteiger partial charge is 0.510 e. The van der Waals surface area contributed by atoms with Crippen LogP contribution in [-0.2, 0) is 47.7 Å². The van der Waals surface area contributed by atoms with Crippen LogP contribution < -0.4 is 0 Å². The van der Waals surface area contributed by atoms with E-state index < -0.39 is 95.9 Å². The Hall–Kier alpha value is -5.46. The summed E-state index contributed by atoms with van der Waals surface area (Å²) in [6, 6.07) is 5.58. The molecule has 1 fully saturated rings. The number of esters is 2. The maximum atomic E-state index is 14.2. The molecule has 1 aliphatic carbocycles. The summed E-state index contributed by atoms with van der Waals surface area (Å²) >= 11 is 6.32. The van der Waals surface area contributed by atoms with E-state index in [9.17, 15) is 59.6 Å². The lowest BCUT2D eigenvalue weighted by molar-refractivity contribution is -0.292. The highest BCUT2D eigenvalue weighted by Gasteiger charge is 2.64. The van der Waals surface area contributed by atoms with Crippen LogP contribution in [0.25, 0.3) is 16.9 Å². The number of nitrogens with zero attached hydrogens (tertiary/aromatic N) is 6. The van der Waals surface area contributed by atoms with Gasteiger partial charge in [0.15, 0.2) is 23.7 Å². The van der Waals surface area contributed by atoms with E-state index in [0.29, 0.717) is 11.7 Å². The number of amides is 1. The van der Waals surface area contributed by atoms with E-state index in [0.717, 1.165) is 23.4 Å². The van der Waals surface area contributed by atoms with Gasteiger partial charge in [0.05, 0.1) is 22.9 Å². The van der Waals surface area contributed by atoms with Crippen molar-refractivity contribution in [2.75, 3.05) is 19.9 Å². The second-order valence-electron chi connectivity index (χ2n) is 14.2. The van der Waals surface area contributed by atoms with Crippen molar-refractivity contribution >= 4 is 35.6 Å². The topological polar surface area (TPSA) is 168 Å². The Morgan fingerprint density at radius 1 is 0.948 bits per heavy atom. The van der Waals surface area contributed by atoms with Gasteiger partial charge in [0.2, 0.25) is 0 Å². The Morgan fingerprint density at radius 2 is 1.57 bits per heavy atom. The highest BCUT2D eigenvalue weighted by atomic mass is 35.5. The molecule has 0 aliphatic heterocycles. The molecule has 1 amide bonds. The fourth-order valence-electron chi connectivity index (χ4n) is 5.27. The Morgan fingerprint density at radius 3 is 2.10 bits per heavy atom. The maximum Gasteiger partial charge on any atom is 0.510 e. The van der Waals surface area contributed by atoms with Crippen molar-refractivity contribution < 1.29 is 73.2 Å². The lowest BCUT2D eigenvalue weighted by atomic mass is 9.87. The molecule has 2 heterocycles. The van der Waals surface area contributed by atoms with Gasteiger partial charge in [0.25, 0.3) is 5.91 Å². The molecule has 2 aromatic heterocycles. The summed E-state index contributed by atoms with van der Waals surface area (Å²) in [5.74, 6) is -9.96. The third kappa shape index (κ3) is 9.29. The molecule has 14 nitrogen and oxygen atoms in total. The normalized spacial score (nSPS) is 15.1. The van der Waals surface area contributed by atoms with E-state index in [1.165, 1.54) is 19.1 Å². The smallest absolute Gasteiger partial charge is 0.461 e. The van der Waals surface area contributed by atoms with Crippen molar-refractivity contribution in [3.63, 3.8) is 0 Å². The van der Waals surface area contributed by atoms with Crippen molar-refractivity contribution in [1.82, 2.24) is 24.5 Å². The Kier molecular flexibility index (Phi) is 12.5. The number of alkyl halides is 8. The van der Waals surface area contributed by atoms with E-state index in [2.05, 4.69) is 10.2 Å². The second-order valence-corrected chi connectivity index (χ2v) is 14.6. The Labute approximate surface area is 329 Å². The van der Waals surface area contributed by atoms with Gasteiger partial charge in [-0.25, -0.2) is 14.2 Å². The minimum atomic E-state index is -6.41. The van der Waals surface area contributed by atoms with Crippen LogP contribution in [0.1, 0.15) is 75.5 Å². The molecule has 1 aliphatic rings. The van der Waals surface area contributed by atoms with Gasteiger partial charge in [-0.15, -0.1) is 0 Å². The predicted octanol–water partition coefficient (Wildman–Crippen LogP) is 7.51. The van der Waals surface area contributed by atoms with E-state index in [1.54, 1.807) is 27.7 Å². The standard InChI is InChI=1S/C35H35ClF8N6O8/c1-7-31(5,28(53)58-30(2,3)4)27(52)55-12-13-56-29(54)57-18-49(32(17-45)10-11-32)26(51)21-14-19(8-9-22(21)36)20-15-46-50(16-20)25-23(34(39,40)41)24(47-48(25)6)33(37,38)35(42,43)44/h8-9,14-16H,7,10-13,18H2,1-6H3. The Balaban J connectivity index is 1.51. The summed E-state index contributed by atoms with van der Waals surface area (Å²) in [7, 11) is 0.710. The third-order valence-electron chi connectivity index (χ3n) is 8.83. The summed E-state index contributed by atoms with van der Waals surface area (Å²) in [5, 5.41) is 16.2. The average molecular weight is 855 g/mol. The molecular formula is C35H35ClF8N6O8. The number of benzene rings is 1. The molecule has 4 rings (SSSR count). The molecule has 1 atom stereocenters. The number of hydrogen-bond donors (Lipinski definition) is 0. The number of carbonyl (C=O) groups excluding carboxylic acids is 4. The first-order valence-corrected chi connectivity index (χ1v) is 17.4. The number of ether oxygens (including phenoxy) is 4. The van der Waals surface area contributed by atoms with Crippen LogP contribution in [0.2, 0.25) is 5.02 Å². The van der Waals surface area contributed by atoms with Crippen LogP contribution in [0, 0.1) is 16.7 Å². The van der Waals surface area contributed by atoms with E-state index >= 15 is 0 Å². The van der Waals surface area contributed by atoms with Gasteiger partial charge >= 0.3 is 36.4 Å². The molecular weight excluding hydrogens is 820 g/mol. The number of hydrogen-bond acceptors (Lipinski definition) is 11. The van der Waals surface area contributed by atoms with Gasteiger partial charge in [-0.2, -0.15) is 50.6 Å². The molecule has 0 N–H and O–H groups in total. The summed E-state index contributed by atoms with van der Waals surface area (Å²) in [6.45, 7) is 5.91. The first-order chi connectivity index (χ1) is 26.6. The highest BCUT2D eigenvalue weighted by molar-refractivity contribution is 6.34. The van der Waals surface area contributed by atoms with Crippen LogP contribution in [0.15, 0.2) is 30.6 Å². The number of carbonyl (C=O) groups is 4. The van der Waals surface area contributed by atoms with E-state index in [-0.39, 0.29) is 45.7 Å². The van der Waals surface area contributed by atoms with Gasteiger partial charge in [-0.1, -0.05) is 24.6 Å². The monoisotopic (exact) mass is 854 g/mol. The van der Waals surface area contributed by atoms with Crippen LogP contribution >= 0.6 is 11.6 Å². The van der Waals surface area contributed by atoms with Gasteiger partial charge in [-0.05, 0) is 64.7 Å². The van der Waals surface area contributed by atoms with Crippen LogP contribution in [-0.4, -0.2) is 85.7 Å². The van der Waals surface area contributed by atoms with Crippen LogP contribution in [0.3, 0.4) is 0 Å². The number of aromatic nitrogens is 4. The predicted molar refractivity (Wildman–Crippen MR) is 182 cm³/mol. The van der Waals surface area contributed by atoms with Crippen molar-refractivity contribution in [2.45, 2.75) is 83.3 Å². The summed E-state index contributed by atoms with van der Waals surface area (Å²) in [5.41, 5.74) is -9.28. The first kappa shape index (κ1) is 45.2. The molecule has 316 valence electrons. The van der Waals surface area contributed by atoms with Crippen LogP contribution in [0.5, 0.6) is 0 Å². The quantitative estimate of drug-likeness (QED) is 0.0417. The average Bonchev–Trinajstić information content (AvgIpc) is 3.59. The van der Waals surface area contributed by atoms with Crippen molar-refractivity contribution in [2.24, 2.45) is 12.5 Å². The van der Waals surface area contributed by atoms with Crippen molar-refractivity contribution in [3.8, 4) is 23.0 Å². The minimum absolute atomic E-state index is 0.0394. The van der Waals surface area contributed by atoms with E-state index in [4.69, 9.17) is 30.5 Å².